The molecular weight excluding hydrogens is 418 g/mol. The molecule has 33 heavy (non-hydrogen) atoms. The minimum Gasteiger partial charge on any atom is -0.447 e. The molecule has 2 aliphatic heterocycles. The van der Waals surface area contributed by atoms with Gasteiger partial charge in [-0.3, -0.25) is 14.6 Å². The minimum atomic E-state index is -0.0347. The number of ether oxygens (including phenoxy) is 1. The van der Waals surface area contributed by atoms with Crippen LogP contribution >= 0.6 is 0 Å². The van der Waals surface area contributed by atoms with Crippen LogP contribution in [0.5, 0.6) is 0 Å². The quantitative estimate of drug-likeness (QED) is 0.603. The molecule has 3 heterocycles. The molecule has 180 valence electrons. The van der Waals surface area contributed by atoms with Gasteiger partial charge in [-0.25, -0.2) is 4.98 Å². The lowest BCUT2D eigenvalue weighted by atomic mass is 10.1. The number of likely N-dealkylation sites (N-methyl/N-ethyl adjacent to an activating group) is 1. The van der Waals surface area contributed by atoms with Crippen LogP contribution in [-0.4, -0.2) is 103 Å². The molecular formula is C25H37N5O3. The molecule has 4 rings (SSSR count). The van der Waals surface area contributed by atoms with Crippen molar-refractivity contribution in [1.82, 2.24) is 24.6 Å². The summed E-state index contributed by atoms with van der Waals surface area (Å²) in [5.74, 6) is 0.562. The molecule has 0 bridgehead atoms. The Hall–Kier alpha value is -2.26. The molecule has 0 N–H and O–H groups in total. The highest BCUT2D eigenvalue weighted by Crippen LogP contribution is 2.16. The summed E-state index contributed by atoms with van der Waals surface area (Å²) in [6, 6.07) is 6.60. The van der Waals surface area contributed by atoms with Gasteiger partial charge in [-0.05, 0) is 32.0 Å². The highest BCUT2D eigenvalue weighted by atomic mass is 16.5. The number of rotatable bonds is 8. The zero-order valence-corrected chi connectivity index (χ0v) is 20.3. The van der Waals surface area contributed by atoms with E-state index in [-0.39, 0.29) is 5.91 Å². The van der Waals surface area contributed by atoms with Gasteiger partial charge in [0.1, 0.15) is 6.26 Å². The van der Waals surface area contributed by atoms with Gasteiger partial charge in [0.2, 0.25) is 5.89 Å². The van der Waals surface area contributed by atoms with E-state index in [1.807, 2.05) is 4.90 Å². The highest BCUT2D eigenvalue weighted by molar-refractivity contribution is 5.92. The number of aromatic nitrogens is 1. The molecule has 2 aliphatic rings. The van der Waals surface area contributed by atoms with Gasteiger partial charge < -0.3 is 19.0 Å². The van der Waals surface area contributed by atoms with Crippen molar-refractivity contribution >= 4 is 5.91 Å². The molecule has 1 aromatic heterocycles. The van der Waals surface area contributed by atoms with E-state index in [0.717, 1.165) is 72.1 Å². The standard InChI is InChI=1S/C25H37N5O3/c1-20-4-5-21(2)22(16-20)17-29(9-8-28-12-14-32-15-13-28)18-24-26-23(19-33-24)25(31)30-10-6-27(3)7-11-30/h4-5,16,19H,6-15,17-18H2,1-3H3. The summed E-state index contributed by atoms with van der Waals surface area (Å²) in [7, 11) is 2.08. The first-order valence-corrected chi connectivity index (χ1v) is 12.0. The number of aryl methyl sites for hydroxylation is 2. The number of carbonyl (C=O) groups excluding carboxylic acids is 1. The summed E-state index contributed by atoms with van der Waals surface area (Å²) in [6.45, 7) is 14.4. The summed E-state index contributed by atoms with van der Waals surface area (Å²) >= 11 is 0. The van der Waals surface area contributed by atoms with Crippen molar-refractivity contribution in [2.45, 2.75) is 26.9 Å². The van der Waals surface area contributed by atoms with Crippen LogP contribution in [0.15, 0.2) is 28.9 Å². The Morgan fingerprint density at radius 2 is 1.82 bits per heavy atom. The number of hydrogen-bond donors (Lipinski definition) is 0. The molecule has 0 saturated carbocycles. The van der Waals surface area contributed by atoms with Gasteiger partial charge in [-0.2, -0.15) is 0 Å². The number of carbonyl (C=O) groups is 1. The van der Waals surface area contributed by atoms with Crippen LogP contribution in [0.3, 0.4) is 0 Å². The maximum absolute atomic E-state index is 12.9. The van der Waals surface area contributed by atoms with E-state index in [0.29, 0.717) is 18.1 Å². The SMILES string of the molecule is Cc1ccc(C)c(CN(CCN2CCOCC2)Cc2nc(C(=O)N3CCN(C)CC3)co2)c1. The topological polar surface area (TPSA) is 65.3 Å². The first-order chi connectivity index (χ1) is 16.0. The van der Waals surface area contributed by atoms with E-state index < -0.39 is 0 Å². The van der Waals surface area contributed by atoms with E-state index >= 15 is 0 Å². The summed E-state index contributed by atoms with van der Waals surface area (Å²) in [5.41, 5.74) is 4.28. The second-order valence-corrected chi connectivity index (χ2v) is 9.32. The van der Waals surface area contributed by atoms with Crippen molar-refractivity contribution < 1.29 is 13.9 Å². The Balaban J connectivity index is 1.42. The van der Waals surface area contributed by atoms with Gasteiger partial charge in [-0.1, -0.05) is 23.8 Å². The van der Waals surface area contributed by atoms with Crippen molar-refractivity contribution in [3.63, 3.8) is 0 Å². The number of oxazole rings is 1. The smallest absolute Gasteiger partial charge is 0.275 e. The molecule has 0 atom stereocenters. The number of nitrogens with zero attached hydrogens (tertiary/aromatic N) is 5. The normalized spacial score (nSPS) is 18.2. The first kappa shape index (κ1) is 23.9. The lowest BCUT2D eigenvalue weighted by Gasteiger charge is -2.31. The minimum absolute atomic E-state index is 0.0347. The fraction of sp³-hybridized carbons (Fsp3) is 0.600. The van der Waals surface area contributed by atoms with Crippen LogP contribution in [0.25, 0.3) is 0 Å². The zero-order chi connectivity index (χ0) is 23.2. The predicted octanol–water partition coefficient (Wildman–Crippen LogP) is 2.01. The van der Waals surface area contributed by atoms with E-state index in [2.05, 4.69) is 58.8 Å². The molecule has 1 aromatic carbocycles. The first-order valence-electron chi connectivity index (χ1n) is 12.0. The molecule has 2 fully saturated rings. The van der Waals surface area contributed by atoms with E-state index in [4.69, 9.17) is 9.15 Å². The molecule has 0 radical (unpaired) electrons. The fourth-order valence-corrected chi connectivity index (χ4v) is 4.38. The lowest BCUT2D eigenvalue weighted by Crippen LogP contribution is -2.47. The third kappa shape index (κ3) is 6.63. The fourth-order valence-electron chi connectivity index (χ4n) is 4.38. The second kappa shape index (κ2) is 11.2. The van der Waals surface area contributed by atoms with Crippen molar-refractivity contribution in [2.24, 2.45) is 0 Å². The monoisotopic (exact) mass is 455 g/mol. The largest absolute Gasteiger partial charge is 0.447 e. The van der Waals surface area contributed by atoms with Gasteiger partial charge in [-0.15, -0.1) is 0 Å². The lowest BCUT2D eigenvalue weighted by molar-refractivity contribution is 0.0320. The van der Waals surface area contributed by atoms with Crippen LogP contribution in [0, 0.1) is 13.8 Å². The Labute approximate surface area is 197 Å². The number of piperazine rings is 1. The molecule has 8 heteroatoms. The molecule has 2 aromatic rings. The average Bonchev–Trinajstić information content (AvgIpc) is 3.29. The van der Waals surface area contributed by atoms with Crippen LogP contribution in [0.4, 0.5) is 0 Å². The highest BCUT2D eigenvalue weighted by Gasteiger charge is 2.24. The predicted molar refractivity (Wildman–Crippen MR) is 127 cm³/mol. The molecule has 8 nitrogen and oxygen atoms in total. The van der Waals surface area contributed by atoms with Crippen molar-refractivity contribution in [1.29, 1.82) is 0 Å². The summed E-state index contributed by atoms with van der Waals surface area (Å²) in [4.78, 5) is 26.4. The van der Waals surface area contributed by atoms with Gasteiger partial charge in [0.25, 0.3) is 5.91 Å². The van der Waals surface area contributed by atoms with Gasteiger partial charge in [0.05, 0.1) is 19.8 Å². The number of amides is 1. The van der Waals surface area contributed by atoms with Crippen LogP contribution in [0.2, 0.25) is 0 Å². The molecule has 2 saturated heterocycles. The second-order valence-electron chi connectivity index (χ2n) is 9.32. The third-order valence-electron chi connectivity index (χ3n) is 6.65. The van der Waals surface area contributed by atoms with Crippen LogP contribution in [0.1, 0.15) is 33.1 Å². The Morgan fingerprint density at radius 3 is 2.58 bits per heavy atom. The molecule has 0 spiro atoms. The maximum Gasteiger partial charge on any atom is 0.275 e. The third-order valence-corrected chi connectivity index (χ3v) is 6.65. The number of morpholine rings is 1. The van der Waals surface area contributed by atoms with Gasteiger partial charge in [0.15, 0.2) is 5.69 Å². The van der Waals surface area contributed by atoms with E-state index in [9.17, 15) is 4.79 Å². The van der Waals surface area contributed by atoms with E-state index in [1.54, 1.807) is 0 Å². The molecule has 0 unspecified atom stereocenters. The Bertz CT molecular complexity index is 917. The van der Waals surface area contributed by atoms with E-state index in [1.165, 1.54) is 23.0 Å². The average molecular weight is 456 g/mol. The Kier molecular flexibility index (Phi) is 8.14. The van der Waals surface area contributed by atoms with Crippen LogP contribution < -0.4 is 0 Å². The molecule has 1 amide bonds. The summed E-state index contributed by atoms with van der Waals surface area (Å²) in [6.07, 6.45) is 1.52. The Morgan fingerprint density at radius 1 is 1.06 bits per heavy atom. The summed E-state index contributed by atoms with van der Waals surface area (Å²) in [5, 5.41) is 0. The zero-order valence-electron chi connectivity index (χ0n) is 20.3. The van der Waals surface area contributed by atoms with Crippen LogP contribution in [-0.2, 0) is 17.8 Å². The molecule has 0 aliphatic carbocycles. The number of benzene rings is 1. The van der Waals surface area contributed by atoms with Gasteiger partial charge in [0, 0.05) is 58.9 Å². The van der Waals surface area contributed by atoms with Crippen molar-refractivity contribution in [3.05, 3.63) is 52.7 Å². The van der Waals surface area contributed by atoms with Crippen molar-refractivity contribution in [2.75, 3.05) is 72.6 Å². The van der Waals surface area contributed by atoms with Crippen molar-refractivity contribution in [3.8, 4) is 0 Å². The van der Waals surface area contributed by atoms with Gasteiger partial charge >= 0.3 is 0 Å². The summed E-state index contributed by atoms with van der Waals surface area (Å²) < 4.78 is 11.3. The number of hydrogen-bond acceptors (Lipinski definition) is 7. The maximum atomic E-state index is 12.9.